The summed E-state index contributed by atoms with van der Waals surface area (Å²) in [7, 11) is -0.401. The molecule has 3 aliphatic rings. The molecule has 0 spiro atoms. The van der Waals surface area contributed by atoms with Gasteiger partial charge in [-0.05, 0) is 84.1 Å². The van der Waals surface area contributed by atoms with Crippen LogP contribution in [0.25, 0.3) is 21.8 Å². The van der Waals surface area contributed by atoms with Crippen LogP contribution in [0.2, 0.25) is 0 Å². The highest BCUT2D eigenvalue weighted by Crippen LogP contribution is 2.53. The van der Waals surface area contributed by atoms with Gasteiger partial charge in [-0.25, -0.2) is 9.78 Å². The molecule has 0 radical (unpaired) electrons. The minimum Gasteiger partial charge on any atom is -0.444 e. The van der Waals surface area contributed by atoms with Gasteiger partial charge in [0.1, 0.15) is 11.4 Å². The molecule has 184 valence electrons. The second-order valence-corrected chi connectivity index (χ2v) is 12.4. The molecule has 6 rings (SSSR count). The topological polar surface area (TPSA) is 76.7 Å². The average molecular weight is 475 g/mol. The van der Waals surface area contributed by atoms with Gasteiger partial charge in [-0.15, -0.1) is 0 Å². The highest BCUT2D eigenvalue weighted by molar-refractivity contribution is 6.62. The van der Waals surface area contributed by atoms with Crippen molar-refractivity contribution in [3.05, 3.63) is 36.2 Å². The predicted octanol–water partition coefficient (Wildman–Crippen LogP) is 5.09. The third kappa shape index (κ3) is 3.73. The molecule has 1 aliphatic carbocycles. The fourth-order valence-corrected chi connectivity index (χ4v) is 5.40. The van der Waals surface area contributed by atoms with E-state index in [9.17, 15) is 4.79 Å². The third-order valence-corrected chi connectivity index (χ3v) is 8.06. The number of nitrogens with one attached hydrogen (secondary N) is 1. The Morgan fingerprint density at radius 2 is 1.83 bits per heavy atom. The number of ether oxygens (including phenoxy) is 1. The van der Waals surface area contributed by atoms with Crippen molar-refractivity contribution in [2.24, 2.45) is 5.92 Å². The zero-order valence-electron chi connectivity index (χ0n) is 21.6. The van der Waals surface area contributed by atoms with Gasteiger partial charge >= 0.3 is 13.2 Å². The molecular formula is C27H34BN3O4. The lowest BCUT2D eigenvalue weighted by molar-refractivity contribution is 0.00578. The quantitative estimate of drug-likeness (QED) is 0.523. The number of carbonyl (C=O) groups is 1. The molecule has 3 aromatic rings. The minimum absolute atomic E-state index is 0.0833. The molecule has 1 N–H and O–H groups in total. The van der Waals surface area contributed by atoms with Crippen molar-refractivity contribution in [2.75, 3.05) is 0 Å². The van der Waals surface area contributed by atoms with Gasteiger partial charge < -0.3 is 19.0 Å². The van der Waals surface area contributed by atoms with Crippen LogP contribution in [0, 0.1) is 5.92 Å². The smallest absolute Gasteiger partial charge is 0.444 e. The van der Waals surface area contributed by atoms with Crippen LogP contribution in [0.15, 0.2) is 30.3 Å². The number of carbonyl (C=O) groups excluding carboxylic acids is 1. The Morgan fingerprint density at radius 1 is 1.11 bits per heavy atom. The SMILES string of the molecule is CC(C)(C)OC(=O)N1[C@@H]2CC2C[C@H]1c1nc2c(ccc3cc(B4OC(C)(C)C(C)(C)O4)ccc32)[nH]1. The van der Waals surface area contributed by atoms with Crippen molar-refractivity contribution in [1.82, 2.24) is 14.9 Å². The lowest BCUT2D eigenvalue weighted by atomic mass is 9.78. The summed E-state index contributed by atoms with van der Waals surface area (Å²) in [6.45, 7) is 14.0. The molecule has 2 aromatic carbocycles. The Kier molecular flexibility index (Phi) is 4.72. The third-order valence-electron chi connectivity index (χ3n) is 8.06. The highest BCUT2D eigenvalue weighted by Gasteiger charge is 2.56. The van der Waals surface area contributed by atoms with Crippen molar-refractivity contribution in [3.63, 3.8) is 0 Å². The molecular weight excluding hydrogens is 441 g/mol. The van der Waals surface area contributed by atoms with E-state index in [1.165, 1.54) is 0 Å². The van der Waals surface area contributed by atoms with Gasteiger partial charge in [0, 0.05) is 11.4 Å². The maximum atomic E-state index is 13.0. The van der Waals surface area contributed by atoms with Crippen LogP contribution in [-0.2, 0) is 14.0 Å². The van der Waals surface area contributed by atoms with Gasteiger partial charge in [-0.3, -0.25) is 4.90 Å². The first kappa shape index (κ1) is 22.9. The second kappa shape index (κ2) is 7.23. The second-order valence-electron chi connectivity index (χ2n) is 12.4. The van der Waals surface area contributed by atoms with E-state index in [0.717, 1.165) is 45.9 Å². The first-order valence-corrected chi connectivity index (χ1v) is 12.6. The van der Waals surface area contributed by atoms with Gasteiger partial charge in [-0.2, -0.15) is 0 Å². The first-order chi connectivity index (χ1) is 16.3. The van der Waals surface area contributed by atoms with Crippen molar-refractivity contribution < 1.29 is 18.8 Å². The van der Waals surface area contributed by atoms with Crippen LogP contribution in [0.3, 0.4) is 0 Å². The van der Waals surface area contributed by atoms with Crippen molar-refractivity contribution in [1.29, 1.82) is 0 Å². The Hall–Kier alpha value is -2.58. The van der Waals surface area contributed by atoms with Crippen molar-refractivity contribution >= 4 is 40.5 Å². The molecule has 7 nitrogen and oxygen atoms in total. The maximum Gasteiger partial charge on any atom is 0.494 e. The van der Waals surface area contributed by atoms with E-state index in [4.69, 9.17) is 19.0 Å². The molecule has 0 bridgehead atoms. The standard InChI is InChI=1S/C27H34BN3O4/c1-25(2,3)33-24(32)31-20-13-16(20)14-21(31)23-29-19-11-8-15-12-17(9-10-18(15)22(19)30-23)28-34-26(4,5)27(6,7)35-28/h8-12,16,20-21H,13-14H2,1-7H3,(H,29,30)/t16?,20-,21+/m1/s1. The van der Waals surface area contributed by atoms with Crippen molar-refractivity contribution in [2.45, 2.75) is 90.2 Å². The first-order valence-electron chi connectivity index (χ1n) is 12.6. The number of fused-ring (bicyclic) bond motifs is 4. The van der Waals surface area contributed by atoms with E-state index >= 15 is 0 Å². The zero-order valence-corrected chi connectivity index (χ0v) is 21.6. The highest BCUT2D eigenvalue weighted by atomic mass is 16.7. The molecule has 1 unspecified atom stereocenters. The number of benzene rings is 2. The molecule has 2 saturated heterocycles. The Balaban J connectivity index is 1.32. The largest absolute Gasteiger partial charge is 0.494 e. The zero-order chi connectivity index (χ0) is 24.9. The normalized spacial score (nSPS) is 27.0. The molecule has 1 amide bonds. The van der Waals surface area contributed by atoms with E-state index in [0.29, 0.717) is 5.92 Å². The number of imidazole rings is 1. The van der Waals surface area contributed by atoms with E-state index in [2.05, 4.69) is 63.0 Å². The van der Waals surface area contributed by atoms with Crippen LogP contribution in [0.5, 0.6) is 0 Å². The summed E-state index contributed by atoms with van der Waals surface area (Å²) in [5, 5.41) is 2.15. The number of H-pyrrole nitrogens is 1. The molecule has 1 aromatic heterocycles. The van der Waals surface area contributed by atoms with Crippen LogP contribution >= 0.6 is 0 Å². The van der Waals surface area contributed by atoms with Gasteiger partial charge in [-0.1, -0.05) is 24.3 Å². The number of hydrogen-bond acceptors (Lipinski definition) is 5. The van der Waals surface area contributed by atoms with Crippen LogP contribution < -0.4 is 5.46 Å². The van der Waals surface area contributed by atoms with Gasteiger partial charge in [0.2, 0.25) is 0 Å². The lowest BCUT2D eigenvalue weighted by Crippen LogP contribution is -2.41. The summed E-state index contributed by atoms with van der Waals surface area (Å²) in [5.74, 6) is 1.38. The fraction of sp³-hybridized carbons (Fsp3) is 0.556. The summed E-state index contributed by atoms with van der Waals surface area (Å²) < 4.78 is 18.2. The maximum absolute atomic E-state index is 13.0. The van der Waals surface area contributed by atoms with Crippen LogP contribution in [-0.4, -0.2) is 50.9 Å². The lowest BCUT2D eigenvalue weighted by Gasteiger charge is -2.32. The Morgan fingerprint density at radius 3 is 2.51 bits per heavy atom. The summed E-state index contributed by atoms with van der Waals surface area (Å²) in [5.41, 5.74) is 1.61. The summed E-state index contributed by atoms with van der Waals surface area (Å²) in [6, 6.07) is 10.6. The average Bonchev–Trinajstić information content (AvgIpc) is 3.12. The Bertz CT molecular complexity index is 1330. The van der Waals surface area contributed by atoms with Crippen LogP contribution in [0.1, 0.15) is 73.2 Å². The van der Waals surface area contributed by atoms with E-state index in [1.807, 2.05) is 25.7 Å². The summed E-state index contributed by atoms with van der Waals surface area (Å²) in [4.78, 5) is 23.4. The fourth-order valence-electron chi connectivity index (χ4n) is 5.40. The molecule has 3 heterocycles. The van der Waals surface area contributed by atoms with Crippen molar-refractivity contribution in [3.8, 4) is 0 Å². The number of rotatable bonds is 2. The van der Waals surface area contributed by atoms with Gasteiger partial charge in [0.05, 0.1) is 28.3 Å². The van der Waals surface area contributed by atoms with Crippen LogP contribution in [0.4, 0.5) is 4.79 Å². The molecule has 35 heavy (non-hydrogen) atoms. The number of likely N-dealkylation sites (tertiary alicyclic amines) is 1. The van der Waals surface area contributed by atoms with Gasteiger partial charge in [0.15, 0.2) is 0 Å². The summed E-state index contributed by atoms with van der Waals surface area (Å²) >= 11 is 0. The van der Waals surface area contributed by atoms with Gasteiger partial charge in [0.25, 0.3) is 0 Å². The van der Waals surface area contributed by atoms with E-state index in [1.54, 1.807) is 0 Å². The van der Waals surface area contributed by atoms with E-state index < -0.39 is 12.7 Å². The molecule has 3 fully saturated rings. The molecule has 8 heteroatoms. The minimum atomic E-state index is -0.520. The molecule has 3 atom stereocenters. The Labute approximate surface area is 206 Å². The number of hydrogen-bond donors (Lipinski definition) is 1. The molecule has 2 aliphatic heterocycles. The number of amides is 1. The number of piperidine rings is 1. The number of nitrogens with zero attached hydrogens (tertiary/aromatic N) is 2. The summed E-state index contributed by atoms with van der Waals surface area (Å²) in [6.07, 6.45) is 1.74. The monoisotopic (exact) mass is 475 g/mol. The molecule has 1 saturated carbocycles. The van der Waals surface area contributed by atoms with E-state index in [-0.39, 0.29) is 29.4 Å². The number of aromatic amines is 1. The number of aromatic nitrogens is 2. The predicted molar refractivity (Wildman–Crippen MR) is 137 cm³/mol.